The second kappa shape index (κ2) is 14.6. The quantitative estimate of drug-likeness (QED) is 0.143. The molecule has 8 nitrogen and oxygen atoms in total. The summed E-state index contributed by atoms with van der Waals surface area (Å²) in [5.74, 6) is -0.170. The zero-order valence-corrected chi connectivity index (χ0v) is 30.3. The Morgan fingerprint density at radius 3 is 2.29 bits per heavy atom. The first-order valence-electron chi connectivity index (χ1n) is 13.9. The third kappa shape index (κ3) is 7.21. The highest BCUT2D eigenvalue weighted by Crippen LogP contribution is 2.34. The average molecular weight is 869 g/mol. The lowest BCUT2D eigenvalue weighted by Crippen LogP contribution is -2.40. The van der Waals surface area contributed by atoms with Crippen molar-refractivity contribution in [2.24, 2.45) is 4.99 Å². The van der Waals surface area contributed by atoms with Crippen LogP contribution in [0.25, 0.3) is 6.08 Å². The number of carbonyl (C=O) groups is 2. The van der Waals surface area contributed by atoms with Crippen molar-refractivity contribution in [2.75, 3.05) is 13.2 Å². The van der Waals surface area contributed by atoms with Gasteiger partial charge in [0.25, 0.3) is 5.56 Å². The van der Waals surface area contributed by atoms with Gasteiger partial charge in [0.05, 0.1) is 41.7 Å². The number of nitrogens with zero attached hydrogens (tertiary/aromatic N) is 2. The van der Waals surface area contributed by atoms with E-state index in [0.29, 0.717) is 44.4 Å². The molecule has 3 aromatic carbocycles. The fraction of sp³-hybridized carbons (Fsp3) is 0.212. The number of hydrogen-bond donors (Lipinski definition) is 0. The van der Waals surface area contributed by atoms with Crippen molar-refractivity contribution >= 4 is 86.1 Å². The van der Waals surface area contributed by atoms with E-state index in [2.05, 4.69) is 50.2 Å². The number of rotatable bonds is 9. The number of halogens is 3. The number of hydrogen-bond acceptors (Lipinski definition) is 8. The van der Waals surface area contributed by atoms with Gasteiger partial charge < -0.3 is 14.2 Å². The van der Waals surface area contributed by atoms with Crippen molar-refractivity contribution in [3.05, 3.63) is 126 Å². The topological polar surface area (TPSA) is 96.2 Å². The Morgan fingerprint density at radius 1 is 1.00 bits per heavy atom. The van der Waals surface area contributed by atoms with E-state index in [4.69, 9.17) is 25.8 Å². The highest BCUT2D eigenvalue weighted by Gasteiger charge is 2.34. The molecule has 2 heterocycles. The summed E-state index contributed by atoms with van der Waals surface area (Å²) in [6, 6.07) is 17.4. The number of aromatic nitrogens is 1. The second-order valence-corrected chi connectivity index (χ2v) is 13.6. The van der Waals surface area contributed by atoms with E-state index in [-0.39, 0.29) is 23.7 Å². The minimum absolute atomic E-state index is 0.189. The van der Waals surface area contributed by atoms with Crippen molar-refractivity contribution in [2.45, 2.75) is 33.4 Å². The Kier molecular flexibility index (Phi) is 10.8. The lowest BCUT2D eigenvalue weighted by atomic mass is 9.96. The highest BCUT2D eigenvalue weighted by molar-refractivity contribution is 14.1. The van der Waals surface area contributed by atoms with Crippen LogP contribution in [0.15, 0.2) is 81.7 Å². The maximum atomic E-state index is 14.0. The first-order chi connectivity index (χ1) is 21.6. The summed E-state index contributed by atoms with van der Waals surface area (Å²) in [7, 11) is 0. The minimum atomic E-state index is -0.779. The standard InChI is InChI=1S/C33H27ClI2N2O6S/c1-4-42-31(40)21-12-10-19(11-13-21)17-44-29-24(35)14-20(15-25(29)36)16-26-30(39)38-28(22-8-6-7-9-23(22)34)27(32(41)43-5-2)18(3)37-33(38)45-26/h6-16,28H,4-5,17H2,1-3H3/b26-16-/t28-/m0/s1. The molecule has 0 spiro atoms. The molecular weight excluding hydrogens is 842 g/mol. The van der Waals surface area contributed by atoms with Crippen molar-refractivity contribution in [3.63, 3.8) is 0 Å². The van der Waals surface area contributed by atoms with Gasteiger partial charge in [-0.25, -0.2) is 14.6 Å². The smallest absolute Gasteiger partial charge is 0.338 e. The molecular formula is C33H27ClI2N2O6S. The van der Waals surface area contributed by atoms with Crippen LogP contribution >= 0.6 is 68.1 Å². The summed E-state index contributed by atoms with van der Waals surface area (Å²) in [6.45, 7) is 6.07. The van der Waals surface area contributed by atoms with Gasteiger partial charge in [0, 0.05) is 5.02 Å². The van der Waals surface area contributed by atoms with E-state index < -0.39 is 12.0 Å². The zero-order chi connectivity index (χ0) is 32.2. The zero-order valence-electron chi connectivity index (χ0n) is 24.4. The average Bonchev–Trinajstić information content (AvgIpc) is 3.30. The molecule has 12 heteroatoms. The molecule has 1 aliphatic heterocycles. The van der Waals surface area contributed by atoms with Crippen LogP contribution in [0.5, 0.6) is 5.75 Å². The fourth-order valence-corrected chi connectivity index (χ4v) is 8.26. The molecule has 0 bridgehead atoms. The van der Waals surface area contributed by atoms with Gasteiger partial charge in [-0.2, -0.15) is 0 Å². The van der Waals surface area contributed by atoms with Gasteiger partial charge in [0.1, 0.15) is 18.4 Å². The predicted octanol–water partition coefficient (Wildman–Crippen LogP) is 6.42. The van der Waals surface area contributed by atoms with Crippen LogP contribution in [0.1, 0.15) is 53.9 Å². The normalized spacial score (nSPS) is 14.5. The fourth-order valence-electron chi connectivity index (χ4n) is 4.84. The van der Waals surface area contributed by atoms with Crippen molar-refractivity contribution in [1.82, 2.24) is 4.57 Å². The molecule has 0 unspecified atom stereocenters. The van der Waals surface area contributed by atoms with Gasteiger partial charge in [0.15, 0.2) is 4.80 Å². The number of ether oxygens (including phenoxy) is 3. The summed E-state index contributed by atoms with van der Waals surface area (Å²) in [6.07, 6.45) is 1.82. The molecule has 45 heavy (non-hydrogen) atoms. The molecule has 5 rings (SSSR count). The van der Waals surface area contributed by atoms with Crippen LogP contribution in [0.3, 0.4) is 0 Å². The van der Waals surface area contributed by atoms with Gasteiger partial charge >= 0.3 is 11.9 Å². The van der Waals surface area contributed by atoms with E-state index >= 15 is 0 Å². The molecule has 0 amide bonds. The van der Waals surface area contributed by atoms with Gasteiger partial charge in [-0.3, -0.25) is 9.36 Å². The van der Waals surface area contributed by atoms with Gasteiger partial charge in [-0.1, -0.05) is 53.3 Å². The molecule has 0 saturated heterocycles. The first-order valence-corrected chi connectivity index (χ1v) is 17.3. The van der Waals surface area contributed by atoms with Crippen molar-refractivity contribution in [1.29, 1.82) is 0 Å². The first kappa shape index (κ1) is 33.4. The van der Waals surface area contributed by atoms with Crippen LogP contribution in [0, 0.1) is 7.14 Å². The molecule has 1 aromatic heterocycles. The number of fused-ring (bicyclic) bond motifs is 1. The number of thiazole rings is 1. The number of esters is 2. The summed E-state index contributed by atoms with van der Waals surface area (Å²) in [5, 5.41) is 0.434. The van der Waals surface area contributed by atoms with Gasteiger partial charge in [-0.15, -0.1) is 0 Å². The number of allylic oxidation sites excluding steroid dienone is 1. The predicted molar refractivity (Wildman–Crippen MR) is 190 cm³/mol. The monoisotopic (exact) mass is 868 g/mol. The maximum absolute atomic E-state index is 14.0. The molecule has 0 fully saturated rings. The Balaban J connectivity index is 1.47. The van der Waals surface area contributed by atoms with E-state index in [9.17, 15) is 14.4 Å². The van der Waals surface area contributed by atoms with Crippen LogP contribution < -0.4 is 19.6 Å². The molecule has 1 atom stereocenters. The lowest BCUT2D eigenvalue weighted by Gasteiger charge is -2.25. The molecule has 1 aliphatic rings. The molecule has 0 radical (unpaired) electrons. The summed E-state index contributed by atoms with van der Waals surface area (Å²) in [4.78, 5) is 44.1. The summed E-state index contributed by atoms with van der Waals surface area (Å²) in [5.41, 5.74) is 3.31. The van der Waals surface area contributed by atoms with Gasteiger partial charge in [0.2, 0.25) is 0 Å². The van der Waals surface area contributed by atoms with Crippen LogP contribution in [-0.2, 0) is 20.9 Å². The van der Waals surface area contributed by atoms with E-state index in [1.54, 1.807) is 51.1 Å². The maximum Gasteiger partial charge on any atom is 0.338 e. The second-order valence-electron chi connectivity index (χ2n) is 9.84. The number of carbonyl (C=O) groups excluding carboxylic acids is 2. The van der Waals surface area contributed by atoms with E-state index in [1.807, 2.05) is 36.4 Å². The molecule has 0 aliphatic carbocycles. The third-order valence-corrected chi connectivity index (χ3v) is 9.81. The molecule has 0 saturated carbocycles. The highest BCUT2D eigenvalue weighted by atomic mass is 127. The van der Waals surface area contributed by atoms with Crippen LogP contribution in [0.4, 0.5) is 0 Å². The Morgan fingerprint density at radius 2 is 1.64 bits per heavy atom. The Hall–Kier alpha value is -3.01. The SMILES string of the molecule is CCOC(=O)C1=C(C)N=c2s/c(=C\c3cc(I)c(OCc4ccc(C(=O)OCC)cc4)c(I)c3)c(=O)n2[C@H]1c1ccccc1Cl. The largest absolute Gasteiger partial charge is 0.487 e. The van der Waals surface area contributed by atoms with E-state index in [1.165, 1.54) is 15.9 Å². The molecule has 0 N–H and O–H groups in total. The van der Waals surface area contributed by atoms with Crippen LogP contribution in [0.2, 0.25) is 5.02 Å². The van der Waals surface area contributed by atoms with E-state index in [0.717, 1.165) is 24.0 Å². The summed E-state index contributed by atoms with van der Waals surface area (Å²) >= 11 is 12.3. The number of benzene rings is 3. The minimum Gasteiger partial charge on any atom is -0.487 e. The third-order valence-electron chi connectivity index (χ3n) is 6.88. The van der Waals surface area contributed by atoms with Crippen molar-refractivity contribution in [3.8, 4) is 5.75 Å². The molecule has 232 valence electrons. The van der Waals surface area contributed by atoms with Gasteiger partial charge in [-0.05, 0) is 119 Å². The van der Waals surface area contributed by atoms with Crippen molar-refractivity contribution < 1.29 is 23.8 Å². The Labute approximate surface area is 295 Å². The Bertz CT molecular complexity index is 1980. The lowest BCUT2D eigenvalue weighted by molar-refractivity contribution is -0.139. The summed E-state index contributed by atoms with van der Waals surface area (Å²) < 4.78 is 20.3. The van der Waals surface area contributed by atoms with Crippen LogP contribution in [-0.4, -0.2) is 29.7 Å². The molecule has 4 aromatic rings.